The van der Waals surface area contributed by atoms with Crippen LogP contribution in [0.5, 0.6) is 0 Å². The number of rotatable bonds is 1. The number of nitrogens with zero attached hydrogens (tertiary/aromatic N) is 1. The lowest BCUT2D eigenvalue weighted by molar-refractivity contribution is 0.599. The summed E-state index contributed by atoms with van der Waals surface area (Å²) in [5.74, 6) is 0. The third kappa shape index (κ3) is 3.90. The van der Waals surface area contributed by atoms with Gasteiger partial charge in [-0.1, -0.05) is 0 Å². The first kappa shape index (κ1) is 4.90. The van der Waals surface area contributed by atoms with E-state index >= 15 is 0 Å². The van der Waals surface area contributed by atoms with Crippen molar-refractivity contribution in [2.45, 2.75) is 0 Å². The predicted octanol–water partition coefficient (Wildman–Crippen LogP) is 1.30. The molecule has 0 aliphatic rings. The lowest BCUT2D eigenvalue weighted by Crippen LogP contribution is -1.20. The molecule has 2 nitrogen and oxygen atoms in total. The van der Waals surface area contributed by atoms with Crippen LogP contribution in [0.15, 0.2) is 4.76 Å². The Bertz CT molecular complexity index is 75.7. The highest BCUT2D eigenvalue weighted by molar-refractivity contribution is 7.78. The van der Waals surface area contributed by atoms with Crippen molar-refractivity contribution >= 4 is 26.0 Å². The fourth-order valence-corrected chi connectivity index (χ4v) is 0.150. The van der Waals surface area contributed by atoms with Crippen molar-refractivity contribution in [1.29, 1.82) is 0 Å². The maximum Gasteiger partial charge on any atom is 0.312 e. The maximum absolute atomic E-state index is 9.21. The van der Waals surface area contributed by atoms with Gasteiger partial charge in [-0.15, -0.1) is 4.76 Å². The summed E-state index contributed by atoms with van der Waals surface area (Å²) in [7, 11) is -0.311. The van der Waals surface area contributed by atoms with Crippen LogP contribution in [-0.4, -0.2) is 5.16 Å². The topological polar surface area (TPSA) is 29.4 Å². The zero-order chi connectivity index (χ0) is 4.12. The highest BCUT2D eigenvalue weighted by atomic mass is 32.1. The molecule has 26 valence electrons. The molecule has 0 aromatic carbocycles. The molecule has 0 unspecified atom stereocenters. The standard InChI is InChI=1S/CNOPS/c3-4-2-1-5. The summed E-state index contributed by atoms with van der Waals surface area (Å²) in [6.07, 6.45) is 0. The molecule has 0 bridgehead atoms. The Morgan fingerprint density at radius 1 is 2.00 bits per heavy atom. The summed E-state index contributed by atoms with van der Waals surface area (Å²) in [4.78, 5) is 0. The molecule has 0 radical (unpaired) electrons. The lowest BCUT2D eigenvalue weighted by atomic mass is 11.8. The molecule has 0 amide bonds. The molecule has 5 heavy (non-hydrogen) atoms. The van der Waals surface area contributed by atoms with Crippen molar-refractivity contribution in [1.82, 2.24) is 0 Å². The molecule has 0 N–H and O–H groups in total. The van der Waals surface area contributed by atoms with Gasteiger partial charge in [0.1, 0.15) is 0 Å². The summed E-state index contributed by atoms with van der Waals surface area (Å²) in [6.45, 7) is 0. The second kappa shape index (κ2) is 3.90. The summed E-state index contributed by atoms with van der Waals surface area (Å²) in [5, 5.41) is 1.90. The zero-order valence-electron chi connectivity index (χ0n) is 2.21. The van der Waals surface area contributed by atoms with Crippen LogP contribution in [0.1, 0.15) is 0 Å². The van der Waals surface area contributed by atoms with Crippen LogP contribution in [-0.2, 0) is 4.57 Å². The van der Waals surface area contributed by atoms with Gasteiger partial charge in [0.15, 0.2) is 0 Å². The molecule has 4 heteroatoms. The minimum Gasteiger partial charge on any atom is -0.246 e. The van der Waals surface area contributed by atoms with E-state index < -0.39 is 0 Å². The molecule has 0 aliphatic heterocycles. The second-order valence-electron chi connectivity index (χ2n) is 0.273. The van der Waals surface area contributed by atoms with Crippen LogP contribution in [0.25, 0.3) is 0 Å². The van der Waals surface area contributed by atoms with Crippen LogP contribution >= 0.6 is 20.8 Å². The smallest absolute Gasteiger partial charge is 0.246 e. The van der Waals surface area contributed by atoms with Crippen molar-refractivity contribution in [3.05, 3.63) is 0 Å². The fourth-order valence-electron chi connectivity index (χ4n) is 0.0167. The highest BCUT2D eigenvalue weighted by Crippen LogP contribution is 1.85. The first-order valence-electron chi connectivity index (χ1n) is 0.810. The number of hydrogen-bond acceptors (Lipinski definition) is 2. The van der Waals surface area contributed by atoms with Gasteiger partial charge in [-0.05, 0) is 12.2 Å². The highest BCUT2D eigenvalue weighted by Gasteiger charge is 1.48. The molecule has 0 spiro atoms. The van der Waals surface area contributed by atoms with E-state index in [2.05, 4.69) is 17.0 Å². The van der Waals surface area contributed by atoms with Gasteiger partial charge in [0.05, 0.1) is 5.16 Å². The van der Waals surface area contributed by atoms with Gasteiger partial charge < -0.3 is 0 Å². The van der Waals surface area contributed by atoms with Gasteiger partial charge in [0.25, 0.3) is 0 Å². The van der Waals surface area contributed by atoms with Crippen LogP contribution in [0, 0.1) is 0 Å². The average molecular weight is 105 g/mol. The number of isothiocyanates is 1. The first-order chi connectivity index (χ1) is 2.41. The van der Waals surface area contributed by atoms with Gasteiger partial charge in [-0.2, -0.15) is 0 Å². The van der Waals surface area contributed by atoms with Crippen LogP contribution in [0.4, 0.5) is 0 Å². The molecule has 0 saturated heterocycles. The quantitative estimate of drug-likeness (QED) is 0.285. The minimum atomic E-state index is -0.311. The number of thiocarbonyl (C=S) groups is 1. The van der Waals surface area contributed by atoms with Gasteiger partial charge in [0, 0.05) is 0 Å². The molecule has 0 aromatic heterocycles. The Morgan fingerprint density at radius 2 is 2.60 bits per heavy atom. The Morgan fingerprint density at radius 3 is 2.60 bits per heavy atom. The predicted molar refractivity (Wildman–Crippen MR) is 22.6 cm³/mol. The molecular formula is CNOPS. The van der Waals surface area contributed by atoms with E-state index in [1.807, 2.05) is 5.16 Å². The van der Waals surface area contributed by atoms with Crippen molar-refractivity contribution in [2.24, 2.45) is 4.76 Å². The Hall–Kier alpha value is -0.100. The van der Waals surface area contributed by atoms with E-state index in [4.69, 9.17) is 0 Å². The summed E-state index contributed by atoms with van der Waals surface area (Å²) >= 11 is 4.03. The molecule has 0 rings (SSSR count). The molecule has 0 heterocycles. The van der Waals surface area contributed by atoms with Crippen LogP contribution < -0.4 is 0 Å². The van der Waals surface area contributed by atoms with Gasteiger partial charge in [-0.3, -0.25) is 0 Å². The molecule has 0 atom stereocenters. The molecule has 0 saturated carbocycles. The second-order valence-corrected chi connectivity index (χ2v) is 0.819. The lowest BCUT2D eigenvalue weighted by Gasteiger charge is -1.38. The SMILES string of the molecule is O=PN=C=S. The van der Waals surface area contributed by atoms with Crippen molar-refractivity contribution < 1.29 is 4.57 Å². The van der Waals surface area contributed by atoms with E-state index in [1.165, 1.54) is 0 Å². The van der Waals surface area contributed by atoms with E-state index in [-0.39, 0.29) is 8.61 Å². The third-order valence-electron chi connectivity index (χ3n) is 0.0816. The van der Waals surface area contributed by atoms with Gasteiger partial charge in [0.2, 0.25) is 0 Å². The monoisotopic (exact) mass is 105 g/mol. The van der Waals surface area contributed by atoms with Crippen molar-refractivity contribution in [3.63, 3.8) is 0 Å². The van der Waals surface area contributed by atoms with Crippen molar-refractivity contribution in [3.8, 4) is 0 Å². The minimum absolute atomic E-state index is 0.311. The van der Waals surface area contributed by atoms with Crippen LogP contribution in [0.2, 0.25) is 0 Å². The fraction of sp³-hybridized carbons (Fsp3) is 0. The Labute approximate surface area is 36.2 Å². The summed E-state index contributed by atoms with van der Waals surface area (Å²) in [6, 6.07) is 0. The molecule has 0 aliphatic carbocycles. The van der Waals surface area contributed by atoms with E-state index in [9.17, 15) is 4.57 Å². The largest absolute Gasteiger partial charge is 0.312 e. The van der Waals surface area contributed by atoms with E-state index in [1.54, 1.807) is 0 Å². The summed E-state index contributed by atoms with van der Waals surface area (Å²) < 4.78 is 12.2. The van der Waals surface area contributed by atoms with E-state index in [0.717, 1.165) is 0 Å². The normalized spacial score (nSPS) is 6.40. The number of hydrogen-bond donors (Lipinski definition) is 0. The average Bonchev–Trinajstić information content (AvgIpc) is 1.41. The zero-order valence-corrected chi connectivity index (χ0v) is 3.92. The van der Waals surface area contributed by atoms with Gasteiger partial charge in [-0.25, -0.2) is 4.57 Å². The van der Waals surface area contributed by atoms with Crippen LogP contribution in [0.3, 0.4) is 0 Å². The van der Waals surface area contributed by atoms with E-state index in [0.29, 0.717) is 0 Å². The van der Waals surface area contributed by atoms with Crippen molar-refractivity contribution in [2.75, 3.05) is 0 Å². The maximum atomic E-state index is 9.21. The Kier molecular flexibility index (Phi) is 3.82. The molecule has 0 aromatic rings. The third-order valence-corrected chi connectivity index (χ3v) is 0.490. The molecular weight excluding hydrogens is 105 g/mol. The van der Waals surface area contributed by atoms with Gasteiger partial charge >= 0.3 is 8.61 Å². The summed E-state index contributed by atoms with van der Waals surface area (Å²) in [5.41, 5.74) is 0. The molecule has 0 fully saturated rings. The Balaban J connectivity index is 3.31. The first-order valence-corrected chi connectivity index (χ1v) is 1.98.